The monoisotopic (exact) mass is 432 g/mol. The van der Waals surface area contributed by atoms with Crippen LogP contribution >= 0.6 is 11.6 Å². The molecule has 0 unspecified atom stereocenters. The Balaban J connectivity index is 1.42. The van der Waals surface area contributed by atoms with Crippen LogP contribution < -0.4 is 4.74 Å². The van der Waals surface area contributed by atoms with Crippen LogP contribution in [0.15, 0.2) is 60.7 Å². The van der Waals surface area contributed by atoms with Crippen LogP contribution in [0.5, 0.6) is 5.75 Å². The number of nitrogens with zero attached hydrogens (tertiary/aromatic N) is 2. The number of aromatic nitrogens is 2. The smallest absolute Gasteiger partial charge is 0.119 e. The second-order valence-electron chi connectivity index (χ2n) is 8.20. The molecule has 4 aromatic rings. The Morgan fingerprint density at radius 1 is 0.871 bits per heavy atom. The predicted molar refractivity (Wildman–Crippen MR) is 129 cm³/mol. The van der Waals surface area contributed by atoms with Crippen LogP contribution in [0, 0.1) is 20.8 Å². The number of halogens is 1. The Hall–Kier alpha value is -2.78. The van der Waals surface area contributed by atoms with Crippen LogP contribution in [0.25, 0.3) is 11.0 Å². The summed E-state index contributed by atoms with van der Waals surface area (Å²) in [4.78, 5) is 4.94. The van der Waals surface area contributed by atoms with E-state index in [1.54, 1.807) is 0 Å². The van der Waals surface area contributed by atoms with Crippen LogP contribution in [-0.2, 0) is 13.0 Å². The first-order valence-corrected chi connectivity index (χ1v) is 11.3. The predicted octanol–water partition coefficient (Wildman–Crippen LogP) is 7.06. The molecule has 31 heavy (non-hydrogen) atoms. The zero-order valence-electron chi connectivity index (χ0n) is 18.5. The van der Waals surface area contributed by atoms with E-state index in [4.69, 9.17) is 21.3 Å². The highest BCUT2D eigenvalue weighted by molar-refractivity contribution is 6.32. The van der Waals surface area contributed by atoms with E-state index in [2.05, 4.69) is 60.0 Å². The van der Waals surface area contributed by atoms with Crippen molar-refractivity contribution >= 4 is 22.6 Å². The van der Waals surface area contributed by atoms with Crippen LogP contribution in [0.4, 0.5) is 0 Å². The molecule has 0 bridgehead atoms. The lowest BCUT2D eigenvalue weighted by Gasteiger charge is -2.12. The van der Waals surface area contributed by atoms with E-state index in [0.29, 0.717) is 6.61 Å². The quantitative estimate of drug-likeness (QED) is 0.278. The van der Waals surface area contributed by atoms with Crippen LogP contribution in [0.3, 0.4) is 0 Å². The van der Waals surface area contributed by atoms with Crippen LogP contribution in [0.2, 0.25) is 5.02 Å². The number of hydrogen-bond acceptors (Lipinski definition) is 2. The maximum Gasteiger partial charge on any atom is 0.119 e. The average Bonchev–Trinajstić information content (AvgIpc) is 3.10. The molecule has 0 aliphatic heterocycles. The van der Waals surface area contributed by atoms with Crippen LogP contribution in [0.1, 0.15) is 40.9 Å². The number of para-hydroxylation sites is 2. The number of benzene rings is 3. The molecule has 0 spiro atoms. The van der Waals surface area contributed by atoms with Gasteiger partial charge in [-0.1, -0.05) is 48.0 Å². The molecule has 3 nitrogen and oxygen atoms in total. The van der Waals surface area contributed by atoms with E-state index < -0.39 is 0 Å². The summed E-state index contributed by atoms with van der Waals surface area (Å²) in [5.74, 6) is 2.02. The van der Waals surface area contributed by atoms with Gasteiger partial charge in [0.05, 0.1) is 17.6 Å². The number of ether oxygens (including phenoxy) is 1. The maximum atomic E-state index is 6.26. The SMILES string of the molecule is Cc1ccccc1Cc1nc2ccccc2n1CCCCOc1cc(C)c(Cl)c(C)c1. The summed E-state index contributed by atoms with van der Waals surface area (Å²) in [6.07, 6.45) is 2.87. The van der Waals surface area contributed by atoms with Crippen molar-refractivity contribution in [2.45, 2.75) is 46.6 Å². The number of rotatable bonds is 8. The first-order chi connectivity index (χ1) is 15.0. The Kier molecular flexibility index (Phi) is 6.62. The van der Waals surface area contributed by atoms with Gasteiger partial charge in [-0.2, -0.15) is 0 Å². The van der Waals surface area contributed by atoms with E-state index in [1.807, 2.05) is 26.0 Å². The van der Waals surface area contributed by atoms with Gasteiger partial charge in [0.1, 0.15) is 11.6 Å². The van der Waals surface area contributed by atoms with E-state index in [1.165, 1.54) is 16.6 Å². The molecule has 4 heteroatoms. The van der Waals surface area contributed by atoms with Gasteiger partial charge in [-0.05, 0) is 80.1 Å². The molecule has 1 aromatic heterocycles. The molecule has 3 aromatic carbocycles. The van der Waals surface area contributed by atoms with Gasteiger partial charge in [-0.25, -0.2) is 4.98 Å². The minimum absolute atomic E-state index is 0.695. The molecule has 160 valence electrons. The first kappa shape index (κ1) is 21.5. The molecule has 0 aliphatic rings. The number of imidazole rings is 1. The minimum atomic E-state index is 0.695. The van der Waals surface area contributed by atoms with Gasteiger partial charge in [-0.15, -0.1) is 0 Å². The highest BCUT2D eigenvalue weighted by atomic mass is 35.5. The molecule has 4 rings (SSSR count). The Morgan fingerprint density at radius 2 is 1.58 bits per heavy atom. The molecule has 0 N–H and O–H groups in total. The Bertz CT molecular complexity index is 1170. The largest absolute Gasteiger partial charge is 0.494 e. The Morgan fingerprint density at radius 3 is 2.35 bits per heavy atom. The van der Waals surface area contributed by atoms with E-state index in [-0.39, 0.29) is 0 Å². The molecule has 0 fully saturated rings. The summed E-state index contributed by atoms with van der Waals surface area (Å²) in [5, 5.41) is 0.820. The van der Waals surface area contributed by atoms with Gasteiger partial charge in [0.15, 0.2) is 0 Å². The minimum Gasteiger partial charge on any atom is -0.494 e. The highest BCUT2D eigenvalue weighted by Gasteiger charge is 2.12. The summed E-state index contributed by atoms with van der Waals surface area (Å²) in [6, 6.07) is 21.0. The summed E-state index contributed by atoms with van der Waals surface area (Å²) in [5.41, 5.74) is 7.02. The molecule has 0 aliphatic carbocycles. The fourth-order valence-electron chi connectivity index (χ4n) is 4.04. The number of unbranched alkanes of at least 4 members (excludes halogenated alkanes) is 1. The van der Waals surface area contributed by atoms with Gasteiger partial charge in [-0.3, -0.25) is 0 Å². The molecule has 1 heterocycles. The second kappa shape index (κ2) is 9.57. The second-order valence-corrected chi connectivity index (χ2v) is 8.58. The molecular weight excluding hydrogens is 404 g/mol. The zero-order valence-corrected chi connectivity index (χ0v) is 19.2. The fraction of sp³-hybridized carbons (Fsp3) is 0.296. The fourth-order valence-corrected chi connectivity index (χ4v) is 4.15. The zero-order chi connectivity index (χ0) is 21.8. The lowest BCUT2D eigenvalue weighted by atomic mass is 10.1. The molecule has 0 atom stereocenters. The first-order valence-electron chi connectivity index (χ1n) is 10.9. The van der Waals surface area contributed by atoms with Crippen molar-refractivity contribution in [3.63, 3.8) is 0 Å². The highest BCUT2D eigenvalue weighted by Crippen LogP contribution is 2.26. The lowest BCUT2D eigenvalue weighted by molar-refractivity contribution is 0.303. The van der Waals surface area contributed by atoms with Gasteiger partial charge >= 0.3 is 0 Å². The van der Waals surface area contributed by atoms with Gasteiger partial charge < -0.3 is 9.30 Å². The van der Waals surface area contributed by atoms with Crippen LogP contribution in [-0.4, -0.2) is 16.2 Å². The van der Waals surface area contributed by atoms with Crippen molar-refractivity contribution < 1.29 is 4.74 Å². The summed E-state index contributed by atoms with van der Waals surface area (Å²) in [6.45, 7) is 7.83. The van der Waals surface area contributed by atoms with Crippen molar-refractivity contribution in [2.75, 3.05) is 6.61 Å². The summed E-state index contributed by atoms with van der Waals surface area (Å²) >= 11 is 6.26. The maximum absolute atomic E-state index is 6.26. The topological polar surface area (TPSA) is 27.1 Å². The summed E-state index contributed by atoms with van der Waals surface area (Å²) < 4.78 is 8.36. The van der Waals surface area contributed by atoms with Gasteiger partial charge in [0.2, 0.25) is 0 Å². The molecule has 0 amide bonds. The van der Waals surface area contributed by atoms with Crippen molar-refractivity contribution in [3.8, 4) is 5.75 Å². The van der Waals surface area contributed by atoms with E-state index in [9.17, 15) is 0 Å². The van der Waals surface area contributed by atoms with Gasteiger partial charge in [0, 0.05) is 18.0 Å². The van der Waals surface area contributed by atoms with Gasteiger partial charge in [0.25, 0.3) is 0 Å². The van der Waals surface area contributed by atoms with Crippen molar-refractivity contribution in [1.82, 2.24) is 9.55 Å². The Labute approximate surface area is 189 Å². The molecule has 0 saturated heterocycles. The third kappa shape index (κ3) is 4.94. The number of hydrogen-bond donors (Lipinski definition) is 0. The molecule has 0 saturated carbocycles. The standard InChI is InChI=1S/C27H29ClN2O/c1-19-10-4-5-11-22(19)18-26-29-24-12-6-7-13-25(24)30(26)14-8-9-15-31-23-16-20(2)27(28)21(3)17-23/h4-7,10-13,16-17H,8-9,14-15,18H2,1-3H3. The average molecular weight is 433 g/mol. The summed E-state index contributed by atoms with van der Waals surface area (Å²) in [7, 11) is 0. The van der Waals surface area contributed by atoms with E-state index in [0.717, 1.165) is 59.0 Å². The molecular formula is C27H29ClN2O. The van der Waals surface area contributed by atoms with Crippen molar-refractivity contribution in [2.24, 2.45) is 0 Å². The third-order valence-electron chi connectivity index (χ3n) is 5.80. The number of aryl methyl sites for hydroxylation is 4. The third-order valence-corrected chi connectivity index (χ3v) is 6.39. The van der Waals surface area contributed by atoms with Crippen molar-refractivity contribution in [3.05, 3.63) is 93.8 Å². The van der Waals surface area contributed by atoms with Crippen molar-refractivity contribution in [1.29, 1.82) is 0 Å². The molecule has 0 radical (unpaired) electrons. The lowest BCUT2D eigenvalue weighted by Crippen LogP contribution is -2.07. The normalized spacial score (nSPS) is 11.2. The van der Waals surface area contributed by atoms with E-state index >= 15 is 0 Å². The number of fused-ring (bicyclic) bond motifs is 1.